The quantitative estimate of drug-likeness (QED) is 0.459. The maximum Gasteiger partial charge on any atom is 0.254 e. The second-order valence-corrected chi connectivity index (χ2v) is 9.01. The van der Waals surface area contributed by atoms with Crippen LogP contribution in [0.25, 0.3) is 0 Å². The molecule has 8 heteroatoms. The number of thiophene rings is 1. The minimum Gasteiger partial charge on any atom is -0.491 e. The summed E-state index contributed by atoms with van der Waals surface area (Å²) in [7, 11) is 1.53. The molecule has 0 N–H and O–H groups in total. The molecule has 1 aliphatic rings. The summed E-state index contributed by atoms with van der Waals surface area (Å²) in [5.41, 5.74) is 1.28. The number of rotatable bonds is 9. The maximum atomic E-state index is 13.7. The second kappa shape index (κ2) is 11.3. The highest BCUT2D eigenvalue weighted by Gasteiger charge is 2.33. The molecule has 2 aromatic carbocycles. The molecular formula is C26H27FN2O4S. The third-order valence-electron chi connectivity index (χ3n) is 5.82. The minimum atomic E-state index is -0.497. The summed E-state index contributed by atoms with van der Waals surface area (Å²) >= 11 is 1.68. The van der Waals surface area contributed by atoms with Gasteiger partial charge in [0.1, 0.15) is 24.7 Å². The molecule has 0 radical (unpaired) electrons. The van der Waals surface area contributed by atoms with Crippen LogP contribution < -0.4 is 4.74 Å². The van der Waals surface area contributed by atoms with Crippen LogP contribution in [-0.4, -0.2) is 61.6 Å². The third kappa shape index (κ3) is 5.63. The van der Waals surface area contributed by atoms with E-state index in [1.807, 2.05) is 41.8 Å². The van der Waals surface area contributed by atoms with Gasteiger partial charge in [0.15, 0.2) is 0 Å². The highest BCUT2D eigenvalue weighted by molar-refractivity contribution is 7.10. The maximum absolute atomic E-state index is 13.7. The summed E-state index contributed by atoms with van der Waals surface area (Å²) in [6, 6.07) is 16.8. The highest BCUT2D eigenvalue weighted by Crippen LogP contribution is 2.34. The smallest absolute Gasteiger partial charge is 0.254 e. The largest absolute Gasteiger partial charge is 0.491 e. The second-order valence-electron chi connectivity index (χ2n) is 8.01. The number of amides is 2. The molecule has 0 aliphatic carbocycles. The van der Waals surface area contributed by atoms with Gasteiger partial charge in [0.25, 0.3) is 5.91 Å². The first-order chi connectivity index (χ1) is 16.6. The number of hydrogen-bond donors (Lipinski definition) is 0. The number of carbonyl (C=O) groups is 2. The number of fused-ring (bicyclic) bond motifs is 1. The van der Waals surface area contributed by atoms with E-state index in [0.717, 1.165) is 17.7 Å². The van der Waals surface area contributed by atoms with Gasteiger partial charge in [0.05, 0.1) is 12.6 Å². The molecule has 6 nitrogen and oxygen atoms in total. The number of halogens is 1. The van der Waals surface area contributed by atoms with Crippen molar-refractivity contribution in [3.8, 4) is 5.75 Å². The van der Waals surface area contributed by atoms with Crippen LogP contribution in [0.3, 0.4) is 0 Å². The van der Waals surface area contributed by atoms with Crippen molar-refractivity contribution in [3.63, 3.8) is 0 Å². The van der Waals surface area contributed by atoms with E-state index in [0.29, 0.717) is 13.2 Å². The van der Waals surface area contributed by atoms with Gasteiger partial charge in [-0.3, -0.25) is 9.59 Å². The van der Waals surface area contributed by atoms with E-state index < -0.39 is 11.7 Å². The third-order valence-corrected chi connectivity index (χ3v) is 6.81. The predicted octanol–water partition coefficient (Wildman–Crippen LogP) is 4.18. The molecule has 1 aliphatic heterocycles. The average Bonchev–Trinajstić information content (AvgIpc) is 3.34. The first-order valence-electron chi connectivity index (χ1n) is 11.1. The molecule has 2 heterocycles. The topological polar surface area (TPSA) is 59.1 Å². The number of nitrogens with zero attached hydrogens (tertiary/aromatic N) is 2. The lowest BCUT2D eigenvalue weighted by molar-refractivity contribution is -0.135. The Bertz CT molecular complexity index is 1120. The van der Waals surface area contributed by atoms with Crippen LogP contribution in [0.4, 0.5) is 4.39 Å². The van der Waals surface area contributed by atoms with Crippen LogP contribution in [-0.2, 0) is 16.0 Å². The van der Waals surface area contributed by atoms with Crippen molar-refractivity contribution < 1.29 is 23.5 Å². The van der Waals surface area contributed by atoms with Crippen LogP contribution in [0.1, 0.15) is 26.8 Å². The number of methoxy groups -OCH3 is 1. The molecule has 178 valence electrons. The zero-order valence-corrected chi connectivity index (χ0v) is 19.8. The van der Waals surface area contributed by atoms with E-state index in [-0.39, 0.29) is 37.2 Å². The summed E-state index contributed by atoms with van der Waals surface area (Å²) in [5, 5.41) is 2.03. The number of hydrogen-bond acceptors (Lipinski definition) is 5. The normalized spacial score (nSPS) is 15.0. The van der Waals surface area contributed by atoms with Crippen molar-refractivity contribution in [1.82, 2.24) is 9.80 Å². The molecule has 3 aromatic rings. The van der Waals surface area contributed by atoms with Crippen LogP contribution in [0.5, 0.6) is 5.75 Å². The summed E-state index contributed by atoms with van der Waals surface area (Å²) in [6.45, 7) is 1.22. The zero-order chi connectivity index (χ0) is 23.9. The van der Waals surface area contributed by atoms with Gasteiger partial charge in [0.2, 0.25) is 5.91 Å². The Morgan fingerprint density at radius 2 is 1.97 bits per heavy atom. The summed E-state index contributed by atoms with van der Waals surface area (Å²) < 4.78 is 24.9. The van der Waals surface area contributed by atoms with Gasteiger partial charge in [-0.1, -0.05) is 24.3 Å². The lowest BCUT2D eigenvalue weighted by Gasteiger charge is -2.37. The molecule has 0 bridgehead atoms. The fourth-order valence-electron chi connectivity index (χ4n) is 4.08. The van der Waals surface area contributed by atoms with Gasteiger partial charge in [0, 0.05) is 30.6 Å². The summed E-state index contributed by atoms with van der Waals surface area (Å²) in [4.78, 5) is 31.0. The first-order valence-corrected chi connectivity index (χ1v) is 12.0. The standard InChI is InChI=1S/C26H27FN2O4S/c1-32-14-13-28(26(31)19-6-5-7-20(27)16-19)17-25(30)29-12-10-24-22(11-15-34-24)23(29)18-33-21-8-3-2-4-9-21/h2-9,11,15-16,23H,10,12-14,17-18H2,1H3/t23-/m1/s1. The van der Waals surface area contributed by atoms with Crippen molar-refractivity contribution in [3.05, 3.63) is 87.9 Å². The fraction of sp³-hybridized carbons (Fsp3) is 0.308. The van der Waals surface area contributed by atoms with Crippen LogP contribution >= 0.6 is 11.3 Å². The molecule has 1 aromatic heterocycles. The first kappa shape index (κ1) is 23.9. The summed E-state index contributed by atoms with van der Waals surface area (Å²) in [5.74, 6) is -0.349. The van der Waals surface area contributed by atoms with E-state index in [4.69, 9.17) is 9.47 Å². The monoisotopic (exact) mass is 482 g/mol. The molecule has 1 atom stereocenters. The summed E-state index contributed by atoms with van der Waals surface area (Å²) in [6.07, 6.45) is 0.760. The van der Waals surface area contributed by atoms with E-state index in [1.54, 1.807) is 22.3 Å². The molecule has 0 saturated carbocycles. The van der Waals surface area contributed by atoms with Gasteiger partial charge >= 0.3 is 0 Å². The minimum absolute atomic E-state index is 0.125. The zero-order valence-electron chi connectivity index (χ0n) is 19.0. The van der Waals surface area contributed by atoms with Gasteiger partial charge in [-0.25, -0.2) is 4.39 Å². The van der Waals surface area contributed by atoms with E-state index in [9.17, 15) is 14.0 Å². The molecule has 0 saturated heterocycles. The Morgan fingerprint density at radius 3 is 2.74 bits per heavy atom. The molecular weight excluding hydrogens is 455 g/mol. The Balaban J connectivity index is 1.52. The van der Waals surface area contributed by atoms with Crippen molar-refractivity contribution in [2.24, 2.45) is 0 Å². The fourth-order valence-corrected chi connectivity index (χ4v) is 5.01. The lowest BCUT2D eigenvalue weighted by Crippen LogP contribution is -2.48. The van der Waals surface area contributed by atoms with E-state index >= 15 is 0 Å². The van der Waals surface area contributed by atoms with Crippen molar-refractivity contribution in [1.29, 1.82) is 0 Å². The van der Waals surface area contributed by atoms with Gasteiger partial charge in [-0.15, -0.1) is 11.3 Å². The predicted molar refractivity (Wildman–Crippen MR) is 129 cm³/mol. The molecule has 2 amide bonds. The molecule has 0 fully saturated rings. The van der Waals surface area contributed by atoms with Crippen molar-refractivity contribution in [2.45, 2.75) is 12.5 Å². The number of carbonyl (C=O) groups excluding carboxylic acids is 2. The molecule has 0 spiro atoms. The van der Waals surface area contributed by atoms with Crippen LogP contribution in [0.2, 0.25) is 0 Å². The number of para-hydroxylation sites is 1. The Labute approximate surface area is 202 Å². The Hall–Kier alpha value is -3.23. The SMILES string of the molecule is COCCN(CC(=O)N1CCc2sccc2[C@H]1COc1ccccc1)C(=O)c1cccc(F)c1. The molecule has 0 unspecified atom stereocenters. The Morgan fingerprint density at radius 1 is 1.15 bits per heavy atom. The van der Waals surface area contributed by atoms with Crippen LogP contribution in [0, 0.1) is 5.82 Å². The lowest BCUT2D eigenvalue weighted by atomic mass is 10.0. The van der Waals surface area contributed by atoms with E-state index in [1.165, 1.54) is 35.1 Å². The van der Waals surface area contributed by atoms with E-state index in [2.05, 4.69) is 0 Å². The Kier molecular flexibility index (Phi) is 7.92. The highest BCUT2D eigenvalue weighted by atomic mass is 32.1. The van der Waals surface area contributed by atoms with Gasteiger partial charge < -0.3 is 19.3 Å². The average molecular weight is 483 g/mol. The van der Waals surface area contributed by atoms with Crippen molar-refractivity contribution in [2.75, 3.05) is 40.0 Å². The van der Waals surface area contributed by atoms with Crippen molar-refractivity contribution >= 4 is 23.2 Å². The number of benzene rings is 2. The van der Waals surface area contributed by atoms with Gasteiger partial charge in [-0.05, 0) is 53.8 Å². The number of ether oxygens (including phenoxy) is 2. The van der Waals surface area contributed by atoms with Crippen LogP contribution in [0.15, 0.2) is 66.0 Å². The van der Waals surface area contributed by atoms with Gasteiger partial charge in [-0.2, -0.15) is 0 Å². The molecule has 4 rings (SSSR count). The molecule has 34 heavy (non-hydrogen) atoms.